The number of benzene rings is 1. The van der Waals surface area contributed by atoms with Crippen LogP contribution in [0.4, 0.5) is 4.39 Å². The van der Waals surface area contributed by atoms with Crippen molar-refractivity contribution in [3.63, 3.8) is 0 Å². The smallest absolute Gasteiger partial charge is 0.123 e. The molecule has 0 saturated heterocycles. The summed E-state index contributed by atoms with van der Waals surface area (Å²) >= 11 is 1.35. The minimum atomic E-state index is -0.265. The number of aliphatic hydroxyl groups is 1. The van der Waals surface area contributed by atoms with Gasteiger partial charge >= 0.3 is 0 Å². The molecule has 21 heavy (non-hydrogen) atoms. The lowest BCUT2D eigenvalue weighted by atomic mass is 9.99. The maximum Gasteiger partial charge on any atom is 0.123 e. The van der Waals surface area contributed by atoms with Crippen LogP contribution in [0.25, 0.3) is 11.3 Å². The Kier molecular flexibility index (Phi) is 4.03. The molecule has 0 spiro atoms. The molecule has 3 aromatic rings. The van der Waals surface area contributed by atoms with E-state index in [0.29, 0.717) is 0 Å². The molecule has 106 valence electrons. The molecular weight excluding hydrogens is 287 g/mol. The minimum absolute atomic E-state index is 0.00899. The molecule has 1 unspecified atom stereocenters. The van der Waals surface area contributed by atoms with E-state index < -0.39 is 0 Å². The van der Waals surface area contributed by atoms with E-state index in [1.807, 2.05) is 18.2 Å². The molecule has 5 heteroatoms. The van der Waals surface area contributed by atoms with Gasteiger partial charge in [0.1, 0.15) is 5.82 Å². The molecule has 1 N–H and O–H groups in total. The van der Waals surface area contributed by atoms with Gasteiger partial charge in [-0.15, -0.1) is 0 Å². The van der Waals surface area contributed by atoms with Crippen LogP contribution in [0.3, 0.4) is 0 Å². The van der Waals surface area contributed by atoms with Crippen molar-refractivity contribution >= 4 is 11.5 Å². The Morgan fingerprint density at radius 2 is 1.81 bits per heavy atom. The third-order valence-electron chi connectivity index (χ3n) is 3.30. The van der Waals surface area contributed by atoms with E-state index in [4.69, 9.17) is 0 Å². The van der Waals surface area contributed by atoms with Gasteiger partial charge in [-0.2, -0.15) is 4.37 Å². The maximum absolute atomic E-state index is 13.0. The molecule has 1 aromatic carbocycles. The lowest BCUT2D eigenvalue weighted by molar-refractivity contribution is 0.282. The monoisotopic (exact) mass is 300 g/mol. The van der Waals surface area contributed by atoms with Gasteiger partial charge in [-0.05, 0) is 59.6 Å². The van der Waals surface area contributed by atoms with Crippen LogP contribution in [-0.4, -0.2) is 21.1 Å². The predicted octanol–water partition coefficient (Wildman–Crippen LogP) is 3.47. The summed E-state index contributed by atoms with van der Waals surface area (Å²) in [4.78, 5) is 4.96. The molecule has 0 bridgehead atoms. The highest BCUT2D eigenvalue weighted by atomic mass is 32.1. The van der Waals surface area contributed by atoms with Crippen LogP contribution in [0.15, 0.2) is 54.9 Å². The zero-order valence-electron chi connectivity index (χ0n) is 11.1. The van der Waals surface area contributed by atoms with E-state index >= 15 is 0 Å². The van der Waals surface area contributed by atoms with Crippen LogP contribution in [0.2, 0.25) is 0 Å². The van der Waals surface area contributed by atoms with Crippen molar-refractivity contribution in [1.29, 1.82) is 0 Å². The summed E-state index contributed by atoms with van der Waals surface area (Å²) in [6.45, 7) is 0.00899. The highest BCUT2D eigenvalue weighted by Crippen LogP contribution is 2.31. The van der Waals surface area contributed by atoms with Crippen LogP contribution >= 0.6 is 11.5 Å². The summed E-state index contributed by atoms with van der Waals surface area (Å²) in [7, 11) is 0. The van der Waals surface area contributed by atoms with Crippen LogP contribution in [0.5, 0.6) is 0 Å². The first-order valence-electron chi connectivity index (χ1n) is 6.51. The van der Waals surface area contributed by atoms with Crippen molar-refractivity contribution < 1.29 is 9.50 Å². The molecule has 0 aliphatic heterocycles. The van der Waals surface area contributed by atoms with Crippen molar-refractivity contribution in [1.82, 2.24) is 9.36 Å². The highest BCUT2D eigenvalue weighted by Gasteiger charge is 2.17. The summed E-state index contributed by atoms with van der Waals surface area (Å²) in [5.41, 5.74) is 2.66. The second-order valence-corrected chi connectivity index (χ2v) is 5.47. The van der Waals surface area contributed by atoms with Gasteiger partial charge in [0.25, 0.3) is 0 Å². The normalized spacial score (nSPS) is 12.3. The molecule has 0 saturated carbocycles. The van der Waals surface area contributed by atoms with E-state index in [1.54, 1.807) is 24.5 Å². The second kappa shape index (κ2) is 6.11. The van der Waals surface area contributed by atoms with E-state index in [2.05, 4.69) is 9.36 Å². The number of rotatable bonds is 4. The first-order chi connectivity index (χ1) is 10.3. The van der Waals surface area contributed by atoms with E-state index in [-0.39, 0.29) is 18.3 Å². The van der Waals surface area contributed by atoms with E-state index in [1.165, 1.54) is 23.7 Å². The molecule has 1 atom stereocenters. The lowest BCUT2D eigenvalue weighted by Gasteiger charge is -2.11. The quantitative estimate of drug-likeness (QED) is 0.802. The SMILES string of the molecule is OCC(c1ccncc1)c1cc(-c2ccc(F)cc2)ns1. The Labute approximate surface area is 125 Å². The summed E-state index contributed by atoms with van der Waals surface area (Å²) < 4.78 is 17.4. The summed E-state index contributed by atoms with van der Waals surface area (Å²) in [5.74, 6) is -0.376. The van der Waals surface area contributed by atoms with Gasteiger partial charge in [0.2, 0.25) is 0 Å². The predicted molar refractivity (Wildman–Crippen MR) is 80.7 cm³/mol. The second-order valence-electron chi connectivity index (χ2n) is 4.64. The number of hydrogen-bond acceptors (Lipinski definition) is 4. The molecule has 0 fully saturated rings. The number of nitrogens with zero attached hydrogens (tertiary/aromatic N) is 2. The van der Waals surface area contributed by atoms with Gasteiger partial charge in [0.15, 0.2) is 0 Å². The van der Waals surface area contributed by atoms with Crippen molar-refractivity contribution in [3.05, 3.63) is 71.1 Å². The largest absolute Gasteiger partial charge is 0.395 e. The number of pyridine rings is 1. The molecule has 2 aromatic heterocycles. The van der Waals surface area contributed by atoms with E-state index in [9.17, 15) is 9.50 Å². The molecule has 0 radical (unpaired) electrons. The standard InChI is InChI=1S/C16H13FN2OS/c17-13-3-1-12(2-4-13)15-9-16(21-19-15)14(10-20)11-5-7-18-8-6-11/h1-9,14,20H,10H2. The van der Waals surface area contributed by atoms with Crippen molar-refractivity contribution in [2.24, 2.45) is 0 Å². The molecule has 0 amide bonds. The van der Waals surface area contributed by atoms with Crippen molar-refractivity contribution in [2.75, 3.05) is 6.61 Å². The van der Waals surface area contributed by atoms with Gasteiger partial charge in [-0.1, -0.05) is 0 Å². The molecule has 0 aliphatic carbocycles. The fraction of sp³-hybridized carbons (Fsp3) is 0.125. The molecule has 3 nitrogen and oxygen atoms in total. The van der Waals surface area contributed by atoms with Gasteiger partial charge in [0, 0.05) is 28.8 Å². The van der Waals surface area contributed by atoms with Gasteiger partial charge in [-0.3, -0.25) is 4.98 Å². The average Bonchev–Trinajstić information content (AvgIpc) is 2.99. The number of halogens is 1. The first-order valence-corrected chi connectivity index (χ1v) is 7.28. The van der Waals surface area contributed by atoms with Crippen molar-refractivity contribution in [3.8, 4) is 11.3 Å². The Morgan fingerprint density at radius 1 is 1.10 bits per heavy atom. The number of aliphatic hydroxyl groups excluding tert-OH is 1. The summed E-state index contributed by atoms with van der Waals surface area (Å²) in [6, 6.07) is 12.0. The minimum Gasteiger partial charge on any atom is -0.395 e. The average molecular weight is 300 g/mol. The van der Waals surface area contributed by atoms with Gasteiger partial charge < -0.3 is 5.11 Å². The molecule has 0 aliphatic rings. The van der Waals surface area contributed by atoms with Crippen LogP contribution in [0, 0.1) is 5.82 Å². The Morgan fingerprint density at radius 3 is 2.48 bits per heavy atom. The molecule has 3 rings (SSSR count). The zero-order chi connectivity index (χ0) is 14.7. The third-order valence-corrected chi connectivity index (χ3v) is 4.20. The molecule has 2 heterocycles. The Balaban J connectivity index is 1.92. The van der Waals surface area contributed by atoms with Crippen LogP contribution in [-0.2, 0) is 0 Å². The van der Waals surface area contributed by atoms with Crippen LogP contribution in [0.1, 0.15) is 16.4 Å². The fourth-order valence-corrected chi connectivity index (χ4v) is 3.03. The summed E-state index contributed by atoms with van der Waals surface area (Å²) in [6.07, 6.45) is 3.42. The maximum atomic E-state index is 13.0. The fourth-order valence-electron chi connectivity index (χ4n) is 2.17. The van der Waals surface area contributed by atoms with Crippen LogP contribution < -0.4 is 0 Å². The lowest BCUT2D eigenvalue weighted by Crippen LogP contribution is -2.04. The van der Waals surface area contributed by atoms with Gasteiger partial charge in [0.05, 0.1) is 12.3 Å². The Hall–Kier alpha value is -2.11. The van der Waals surface area contributed by atoms with Crippen molar-refractivity contribution in [2.45, 2.75) is 5.92 Å². The molecular formula is C16H13FN2OS. The Bertz CT molecular complexity index is 713. The highest BCUT2D eigenvalue weighted by molar-refractivity contribution is 7.06. The third kappa shape index (κ3) is 2.99. The van der Waals surface area contributed by atoms with E-state index in [0.717, 1.165) is 21.7 Å². The van der Waals surface area contributed by atoms with Gasteiger partial charge in [-0.25, -0.2) is 4.39 Å². The first kappa shape index (κ1) is 13.9. The topological polar surface area (TPSA) is 46.0 Å². The number of aromatic nitrogens is 2. The summed E-state index contributed by atoms with van der Waals surface area (Å²) in [5, 5.41) is 9.66. The number of hydrogen-bond donors (Lipinski definition) is 1. The zero-order valence-corrected chi connectivity index (χ0v) is 11.9.